The van der Waals surface area contributed by atoms with E-state index in [9.17, 15) is 4.79 Å². The van der Waals surface area contributed by atoms with Gasteiger partial charge < -0.3 is 5.32 Å². The van der Waals surface area contributed by atoms with E-state index in [2.05, 4.69) is 28.2 Å². The Labute approximate surface area is 121 Å². The quantitative estimate of drug-likeness (QED) is 0.827. The van der Waals surface area contributed by atoms with Gasteiger partial charge in [-0.05, 0) is 52.9 Å². The van der Waals surface area contributed by atoms with Crippen LogP contribution in [0, 0.1) is 5.92 Å². The number of hydrogen-bond acceptors (Lipinski definition) is 2. The molecule has 0 unspecified atom stereocenters. The summed E-state index contributed by atoms with van der Waals surface area (Å²) in [6.07, 6.45) is 8.39. The van der Waals surface area contributed by atoms with Crippen molar-refractivity contribution in [2.24, 2.45) is 5.92 Å². The minimum absolute atomic E-state index is 0.0262. The van der Waals surface area contributed by atoms with Crippen LogP contribution in [-0.4, -0.2) is 11.9 Å². The lowest BCUT2D eigenvalue weighted by Crippen LogP contribution is -2.40. The Bertz CT molecular complexity index is 441. The van der Waals surface area contributed by atoms with Crippen LogP contribution in [0.1, 0.15) is 37.5 Å². The molecule has 1 heterocycles. The van der Waals surface area contributed by atoms with Gasteiger partial charge in [0.05, 0.1) is 3.79 Å². The van der Waals surface area contributed by atoms with Gasteiger partial charge in [-0.25, -0.2) is 0 Å². The summed E-state index contributed by atoms with van der Waals surface area (Å²) in [5.74, 6) is 0.630. The number of nitrogens with one attached hydrogen (secondary N) is 1. The van der Waals surface area contributed by atoms with E-state index in [-0.39, 0.29) is 5.91 Å². The largest absolute Gasteiger partial charge is 0.350 e. The fourth-order valence-electron chi connectivity index (χ4n) is 2.34. The molecule has 98 valence electrons. The molecule has 1 aliphatic carbocycles. The van der Waals surface area contributed by atoms with Gasteiger partial charge in [-0.2, -0.15) is 0 Å². The number of hydrogen-bond donors (Lipinski definition) is 1. The van der Waals surface area contributed by atoms with Gasteiger partial charge in [-0.15, -0.1) is 11.3 Å². The van der Waals surface area contributed by atoms with E-state index >= 15 is 0 Å². The first-order valence-electron chi connectivity index (χ1n) is 6.39. The Kier molecular flexibility index (Phi) is 5.01. The fraction of sp³-hybridized carbons (Fsp3) is 0.500. The van der Waals surface area contributed by atoms with Crippen LogP contribution >= 0.6 is 27.3 Å². The summed E-state index contributed by atoms with van der Waals surface area (Å²) in [7, 11) is 0. The molecule has 1 amide bonds. The highest BCUT2D eigenvalue weighted by atomic mass is 79.9. The third kappa shape index (κ3) is 3.95. The zero-order valence-corrected chi connectivity index (χ0v) is 12.9. The van der Waals surface area contributed by atoms with Crippen molar-refractivity contribution < 1.29 is 4.79 Å². The number of carbonyl (C=O) groups excluding carboxylic acids is 1. The highest BCUT2D eigenvalue weighted by Gasteiger charge is 2.21. The van der Waals surface area contributed by atoms with E-state index in [4.69, 9.17) is 0 Å². The van der Waals surface area contributed by atoms with Gasteiger partial charge in [0.2, 0.25) is 5.91 Å². The van der Waals surface area contributed by atoms with Crippen LogP contribution in [0.4, 0.5) is 0 Å². The molecule has 0 spiro atoms. The minimum atomic E-state index is 0.0262. The van der Waals surface area contributed by atoms with Crippen molar-refractivity contribution in [3.63, 3.8) is 0 Å². The maximum absolute atomic E-state index is 11.8. The first kappa shape index (κ1) is 13.8. The minimum Gasteiger partial charge on any atom is -0.350 e. The van der Waals surface area contributed by atoms with Gasteiger partial charge in [0.1, 0.15) is 0 Å². The number of carbonyl (C=O) groups is 1. The number of amides is 1. The van der Waals surface area contributed by atoms with Crippen molar-refractivity contribution >= 4 is 39.2 Å². The lowest BCUT2D eigenvalue weighted by atomic mass is 9.86. The zero-order valence-electron chi connectivity index (χ0n) is 10.5. The van der Waals surface area contributed by atoms with Crippen LogP contribution in [0.5, 0.6) is 0 Å². The highest BCUT2D eigenvalue weighted by Crippen LogP contribution is 2.24. The molecule has 1 aromatic rings. The summed E-state index contributed by atoms with van der Waals surface area (Å²) in [6.45, 7) is 2.23. The summed E-state index contributed by atoms with van der Waals surface area (Å²) in [5, 5.41) is 3.11. The van der Waals surface area contributed by atoms with Gasteiger partial charge in [0.25, 0.3) is 0 Å². The first-order chi connectivity index (χ1) is 8.65. The van der Waals surface area contributed by atoms with Crippen molar-refractivity contribution in [3.8, 4) is 0 Å². The predicted molar refractivity (Wildman–Crippen MR) is 80.6 cm³/mol. The van der Waals surface area contributed by atoms with Crippen LogP contribution in [0.15, 0.2) is 22.0 Å². The second kappa shape index (κ2) is 6.53. The first-order valence-corrected chi connectivity index (χ1v) is 8.00. The molecule has 0 bridgehead atoms. The molecular formula is C14H18BrNOS. The zero-order chi connectivity index (χ0) is 13.0. The average molecular weight is 328 g/mol. The molecule has 0 radical (unpaired) electrons. The van der Waals surface area contributed by atoms with E-state index in [1.54, 1.807) is 17.4 Å². The Balaban J connectivity index is 1.86. The number of thiophene rings is 1. The third-order valence-corrected chi connectivity index (χ3v) is 5.02. The molecule has 1 N–H and O–H groups in total. The molecule has 1 saturated carbocycles. The molecule has 1 aliphatic rings. The maximum Gasteiger partial charge on any atom is 0.244 e. The van der Waals surface area contributed by atoms with E-state index in [1.165, 1.54) is 19.3 Å². The molecule has 2 nitrogen and oxygen atoms in total. The maximum atomic E-state index is 11.8. The van der Waals surface area contributed by atoms with Gasteiger partial charge in [-0.1, -0.05) is 19.8 Å². The Morgan fingerprint density at radius 2 is 2.22 bits per heavy atom. The summed E-state index contributed by atoms with van der Waals surface area (Å²) in [6, 6.07) is 4.35. The molecule has 1 fully saturated rings. The smallest absolute Gasteiger partial charge is 0.244 e. The van der Waals surface area contributed by atoms with E-state index < -0.39 is 0 Å². The molecule has 0 saturated heterocycles. The molecule has 4 heteroatoms. The van der Waals surface area contributed by atoms with E-state index in [0.29, 0.717) is 12.0 Å². The summed E-state index contributed by atoms with van der Waals surface area (Å²) < 4.78 is 1.09. The lowest BCUT2D eigenvalue weighted by molar-refractivity contribution is -0.117. The van der Waals surface area contributed by atoms with Crippen molar-refractivity contribution in [3.05, 3.63) is 26.9 Å². The van der Waals surface area contributed by atoms with Gasteiger partial charge in [-0.3, -0.25) is 4.79 Å². The van der Waals surface area contributed by atoms with Crippen LogP contribution in [0.25, 0.3) is 6.08 Å². The summed E-state index contributed by atoms with van der Waals surface area (Å²) in [5.41, 5.74) is 0. The topological polar surface area (TPSA) is 29.1 Å². The highest BCUT2D eigenvalue weighted by molar-refractivity contribution is 9.11. The summed E-state index contributed by atoms with van der Waals surface area (Å²) >= 11 is 5.04. The van der Waals surface area contributed by atoms with Gasteiger partial charge in [0, 0.05) is 17.0 Å². The van der Waals surface area contributed by atoms with Crippen molar-refractivity contribution in [2.75, 3.05) is 0 Å². The second-order valence-corrected chi connectivity index (χ2v) is 7.35. The molecular weight excluding hydrogens is 310 g/mol. The van der Waals surface area contributed by atoms with Crippen LogP contribution in [-0.2, 0) is 4.79 Å². The Morgan fingerprint density at radius 3 is 2.89 bits per heavy atom. The molecule has 1 aromatic heterocycles. The molecule has 18 heavy (non-hydrogen) atoms. The molecule has 2 rings (SSSR count). The Morgan fingerprint density at radius 1 is 1.44 bits per heavy atom. The number of halogens is 1. The van der Waals surface area contributed by atoms with Crippen molar-refractivity contribution in [2.45, 2.75) is 38.6 Å². The van der Waals surface area contributed by atoms with Crippen LogP contribution in [0.2, 0.25) is 0 Å². The monoisotopic (exact) mass is 327 g/mol. The molecule has 0 aliphatic heterocycles. The van der Waals surface area contributed by atoms with E-state index in [1.807, 2.05) is 18.2 Å². The standard InChI is InChI=1S/C14H18BrNOS/c1-10-4-2-3-5-12(10)16-14(17)9-7-11-6-8-13(15)18-11/h6-10,12H,2-5H2,1H3,(H,16,17)/b9-7+/t10-,12+/m0/s1. The third-order valence-electron chi connectivity index (χ3n) is 3.43. The average Bonchev–Trinajstić information content (AvgIpc) is 2.76. The normalized spacial score (nSPS) is 24.3. The fourth-order valence-corrected chi connectivity index (χ4v) is 3.66. The summed E-state index contributed by atoms with van der Waals surface area (Å²) in [4.78, 5) is 12.9. The second-order valence-electron chi connectivity index (χ2n) is 4.85. The van der Waals surface area contributed by atoms with Crippen LogP contribution < -0.4 is 5.32 Å². The Hall–Kier alpha value is -0.610. The molecule has 2 atom stereocenters. The molecule has 0 aromatic carbocycles. The van der Waals surface area contributed by atoms with Crippen LogP contribution in [0.3, 0.4) is 0 Å². The lowest BCUT2D eigenvalue weighted by Gasteiger charge is -2.29. The van der Waals surface area contributed by atoms with Crippen molar-refractivity contribution in [1.82, 2.24) is 5.32 Å². The van der Waals surface area contributed by atoms with Gasteiger partial charge >= 0.3 is 0 Å². The van der Waals surface area contributed by atoms with Crippen molar-refractivity contribution in [1.29, 1.82) is 0 Å². The number of rotatable bonds is 3. The van der Waals surface area contributed by atoms with E-state index in [0.717, 1.165) is 15.1 Å². The predicted octanol–water partition coefficient (Wildman–Crippen LogP) is 4.22. The SMILES string of the molecule is C[C@H]1CCCC[C@H]1NC(=O)/C=C/c1ccc(Br)s1. The van der Waals surface area contributed by atoms with Gasteiger partial charge in [0.15, 0.2) is 0 Å².